The highest BCUT2D eigenvalue weighted by atomic mass is 32.2. The van der Waals surface area contributed by atoms with Crippen LogP contribution < -0.4 is 16.0 Å². The van der Waals surface area contributed by atoms with Gasteiger partial charge in [-0.1, -0.05) is 12.1 Å². The number of thioether (sulfide) groups is 1. The Morgan fingerprint density at radius 3 is 2.60 bits per heavy atom. The van der Waals surface area contributed by atoms with Gasteiger partial charge in [-0.15, -0.1) is 0 Å². The van der Waals surface area contributed by atoms with Gasteiger partial charge in [0.05, 0.1) is 6.42 Å². The van der Waals surface area contributed by atoms with E-state index in [2.05, 4.69) is 27.2 Å². The van der Waals surface area contributed by atoms with Gasteiger partial charge >= 0.3 is 0 Å². The quantitative estimate of drug-likeness (QED) is 0.392. The van der Waals surface area contributed by atoms with Gasteiger partial charge in [0, 0.05) is 31.4 Å². The first-order valence-corrected chi connectivity index (χ1v) is 9.90. The molecule has 2 atom stereocenters. The Bertz CT molecular complexity index is 579. The second kappa shape index (κ2) is 10.3. The van der Waals surface area contributed by atoms with Gasteiger partial charge in [-0.3, -0.25) is 9.79 Å². The Kier molecular flexibility index (Phi) is 8.04. The highest BCUT2D eigenvalue weighted by Crippen LogP contribution is 2.27. The summed E-state index contributed by atoms with van der Waals surface area (Å²) in [4.78, 5) is 16.1. The van der Waals surface area contributed by atoms with Crippen LogP contribution >= 0.6 is 11.8 Å². The fraction of sp³-hybridized carbons (Fsp3) is 0.556. The molecule has 0 aliphatic heterocycles. The number of rotatable bonds is 7. The van der Waals surface area contributed by atoms with Crippen molar-refractivity contribution >= 4 is 23.6 Å². The number of carbonyl (C=O) groups excluding carboxylic acids is 1. The summed E-state index contributed by atoms with van der Waals surface area (Å²) in [5.74, 6) is 0.410. The summed E-state index contributed by atoms with van der Waals surface area (Å²) in [6, 6.07) is 6.45. The molecule has 0 spiro atoms. The SMILES string of the molecule is CN=C(NCCNC(=O)Cc1ccc(F)cc1)NC1CCC(SC)C1. The number of hydrogen-bond acceptors (Lipinski definition) is 3. The van der Waals surface area contributed by atoms with E-state index in [1.165, 1.54) is 25.0 Å². The molecule has 1 aliphatic carbocycles. The molecule has 7 heteroatoms. The van der Waals surface area contributed by atoms with E-state index in [1.807, 2.05) is 11.8 Å². The highest BCUT2D eigenvalue weighted by molar-refractivity contribution is 7.99. The number of amides is 1. The third-order valence-corrected chi connectivity index (χ3v) is 5.39. The van der Waals surface area contributed by atoms with Crippen molar-refractivity contribution in [1.29, 1.82) is 0 Å². The van der Waals surface area contributed by atoms with Gasteiger partial charge in [0.2, 0.25) is 5.91 Å². The molecule has 1 aromatic carbocycles. The highest BCUT2D eigenvalue weighted by Gasteiger charge is 2.24. The molecule has 0 bridgehead atoms. The average molecular weight is 367 g/mol. The maximum Gasteiger partial charge on any atom is 0.224 e. The molecule has 2 unspecified atom stereocenters. The second-order valence-electron chi connectivity index (χ2n) is 6.16. The van der Waals surface area contributed by atoms with Gasteiger partial charge in [0.15, 0.2) is 5.96 Å². The molecule has 1 aliphatic rings. The minimum Gasteiger partial charge on any atom is -0.355 e. The Morgan fingerprint density at radius 2 is 1.96 bits per heavy atom. The topological polar surface area (TPSA) is 65.5 Å². The molecule has 0 saturated heterocycles. The zero-order valence-corrected chi connectivity index (χ0v) is 15.7. The average Bonchev–Trinajstić information content (AvgIpc) is 3.07. The molecular weight excluding hydrogens is 339 g/mol. The second-order valence-corrected chi connectivity index (χ2v) is 7.30. The molecule has 0 heterocycles. The van der Waals surface area contributed by atoms with Crippen molar-refractivity contribution in [3.63, 3.8) is 0 Å². The molecule has 5 nitrogen and oxygen atoms in total. The molecular formula is C18H27FN4OS. The lowest BCUT2D eigenvalue weighted by atomic mass is 10.1. The molecule has 0 radical (unpaired) electrons. The van der Waals surface area contributed by atoms with Gasteiger partial charge in [0.1, 0.15) is 5.82 Å². The minimum absolute atomic E-state index is 0.0741. The summed E-state index contributed by atoms with van der Waals surface area (Å²) in [5.41, 5.74) is 0.800. The van der Waals surface area contributed by atoms with E-state index < -0.39 is 0 Å². The van der Waals surface area contributed by atoms with Crippen molar-refractivity contribution < 1.29 is 9.18 Å². The van der Waals surface area contributed by atoms with Crippen LogP contribution in [-0.4, -0.2) is 49.6 Å². The van der Waals surface area contributed by atoms with Gasteiger partial charge in [0.25, 0.3) is 0 Å². The van der Waals surface area contributed by atoms with Crippen LogP contribution in [-0.2, 0) is 11.2 Å². The van der Waals surface area contributed by atoms with Gasteiger partial charge in [-0.2, -0.15) is 11.8 Å². The van der Waals surface area contributed by atoms with Crippen LogP contribution in [0.25, 0.3) is 0 Å². The molecule has 138 valence electrons. The van der Waals surface area contributed by atoms with Crippen molar-refractivity contribution in [2.45, 2.75) is 37.0 Å². The molecule has 1 saturated carbocycles. The number of carbonyl (C=O) groups is 1. The maximum atomic E-state index is 12.8. The van der Waals surface area contributed by atoms with Crippen LogP contribution in [0.1, 0.15) is 24.8 Å². The summed E-state index contributed by atoms with van der Waals surface area (Å²) >= 11 is 1.93. The van der Waals surface area contributed by atoms with E-state index in [4.69, 9.17) is 0 Å². The number of nitrogens with one attached hydrogen (secondary N) is 3. The van der Waals surface area contributed by atoms with E-state index in [0.29, 0.717) is 19.1 Å². The van der Waals surface area contributed by atoms with Crippen molar-refractivity contribution in [2.24, 2.45) is 4.99 Å². The first-order chi connectivity index (χ1) is 12.1. The third-order valence-electron chi connectivity index (χ3n) is 4.30. The van der Waals surface area contributed by atoms with Crippen LogP contribution in [0.2, 0.25) is 0 Å². The molecule has 25 heavy (non-hydrogen) atoms. The summed E-state index contributed by atoms with van der Waals surface area (Å²) in [6.45, 7) is 1.12. The van der Waals surface area contributed by atoms with E-state index in [-0.39, 0.29) is 18.1 Å². The third kappa shape index (κ3) is 6.94. The van der Waals surface area contributed by atoms with Crippen LogP contribution in [0.4, 0.5) is 4.39 Å². The fourth-order valence-electron chi connectivity index (χ4n) is 2.91. The zero-order valence-electron chi connectivity index (χ0n) is 14.8. The standard InChI is InChI=1S/C18H27FN4OS/c1-20-18(23-15-7-8-16(12-15)25-2)22-10-9-21-17(24)11-13-3-5-14(19)6-4-13/h3-6,15-16H,7-12H2,1-2H3,(H,21,24)(H2,20,22,23). The molecule has 0 aromatic heterocycles. The Labute approximate surface area is 153 Å². The number of aliphatic imine (C=N–C) groups is 1. The number of guanidine groups is 1. The normalized spacial score (nSPS) is 20.4. The number of benzene rings is 1. The molecule has 2 rings (SSSR count). The van der Waals surface area contributed by atoms with Crippen LogP contribution in [0.3, 0.4) is 0 Å². The number of nitrogens with zero attached hydrogens (tertiary/aromatic N) is 1. The Hall–Kier alpha value is -1.76. The fourth-order valence-corrected chi connectivity index (χ4v) is 3.70. The van der Waals surface area contributed by atoms with Crippen molar-refractivity contribution in [1.82, 2.24) is 16.0 Å². The van der Waals surface area contributed by atoms with Crippen LogP contribution in [0, 0.1) is 5.82 Å². The largest absolute Gasteiger partial charge is 0.355 e. The summed E-state index contributed by atoms with van der Waals surface area (Å²) < 4.78 is 12.8. The molecule has 1 fully saturated rings. The van der Waals surface area contributed by atoms with Gasteiger partial charge in [-0.25, -0.2) is 4.39 Å². The van der Waals surface area contributed by atoms with Crippen LogP contribution in [0.15, 0.2) is 29.3 Å². The summed E-state index contributed by atoms with van der Waals surface area (Å²) in [6.07, 6.45) is 5.99. The molecule has 1 aromatic rings. The van der Waals surface area contributed by atoms with Gasteiger partial charge < -0.3 is 16.0 Å². The van der Waals surface area contributed by atoms with Crippen LogP contribution in [0.5, 0.6) is 0 Å². The van der Waals surface area contributed by atoms with E-state index >= 15 is 0 Å². The zero-order chi connectivity index (χ0) is 18.1. The first kappa shape index (κ1) is 19.6. The Balaban J connectivity index is 1.62. The van der Waals surface area contributed by atoms with Gasteiger partial charge in [-0.05, 0) is 43.2 Å². The van der Waals surface area contributed by atoms with E-state index in [0.717, 1.165) is 23.2 Å². The first-order valence-electron chi connectivity index (χ1n) is 8.62. The van der Waals surface area contributed by atoms with E-state index in [9.17, 15) is 9.18 Å². The van der Waals surface area contributed by atoms with Crippen molar-refractivity contribution in [3.05, 3.63) is 35.6 Å². The lowest BCUT2D eigenvalue weighted by molar-refractivity contribution is -0.120. The number of halogens is 1. The maximum absolute atomic E-state index is 12.8. The lowest BCUT2D eigenvalue weighted by Crippen LogP contribution is -2.45. The summed E-state index contributed by atoms with van der Waals surface area (Å²) in [5, 5.41) is 10.3. The van der Waals surface area contributed by atoms with Crippen molar-refractivity contribution in [2.75, 3.05) is 26.4 Å². The Morgan fingerprint density at radius 1 is 1.24 bits per heavy atom. The predicted octanol–water partition coefficient (Wildman–Crippen LogP) is 1.93. The summed E-state index contributed by atoms with van der Waals surface area (Å²) in [7, 11) is 1.75. The lowest BCUT2D eigenvalue weighted by Gasteiger charge is -2.17. The monoisotopic (exact) mass is 366 g/mol. The van der Waals surface area contributed by atoms with E-state index in [1.54, 1.807) is 19.2 Å². The smallest absolute Gasteiger partial charge is 0.224 e. The molecule has 1 amide bonds. The molecule has 3 N–H and O–H groups in total. The van der Waals surface area contributed by atoms with Crippen molar-refractivity contribution in [3.8, 4) is 0 Å². The number of hydrogen-bond donors (Lipinski definition) is 3. The minimum atomic E-state index is -0.293. The predicted molar refractivity (Wildman–Crippen MR) is 103 cm³/mol.